The van der Waals surface area contributed by atoms with Gasteiger partial charge in [0.2, 0.25) is 0 Å². The van der Waals surface area contributed by atoms with E-state index in [0.717, 1.165) is 87.5 Å². The third kappa shape index (κ3) is 8.54. The Kier molecular flexibility index (Phi) is 12.1. The lowest BCUT2D eigenvalue weighted by molar-refractivity contribution is 0.171. The van der Waals surface area contributed by atoms with E-state index < -0.39 is 0 Å². The summed E-state index contributed by atoms with van der Waals surface area (Å²) in [6.45, 7) is 6.55. The molecule has 1 fully saturated rings. The Morgan fingerprint density at radius 3 is 2.48 bits per heavy atom. The predicted molar refractivity (Wildman–Crippen MR) is 145 cm³/mol. The van der Waals surface area contributed by atoms with E-state index in [4.69, 9.17) is 9.47 Å². The molecule has 2 N–H and O–H groups in total. The Morgan fingerprint density at radius 1 is 1.03 bits per heavy atom. The van der Waals surface area contributed by atoms with Crippen LogP contribution in [0.4, 0.5) is 5.82 Å². The number of nitrogens with zero attached hydrogens (tertiary/aromatic N) is 4. The van der Waals surface area contributed by atoms with Crippen molar-refractivity contribution in [2.45, 2.75) is 19.4 Å². The number of halogens is 1. The van der Waals surface area contributed by atoms with Gasteiger partial charge in [0.1, 0.15) is 17.3 Å². The molecule has 0 bridgehead atoms. The molecular weight excluding hydrogens is 531 g/mol. The fraction of sp³-hybridized carbons (Fsp3) is 0.500. The number of benzene rings is 1. The number of aliphatic imine (C=N–C) groups is 1. The molecule has 0 unspecified atom stereocenters. The van der Waals surface area contributed by atoms with Crippen molar-refractivity contribution in [2.24, 2.45) is 4.99 Å². The van der Waals surface area contributed by atoms with Gasteiger partial charge in [-0.15, -0.1) is 24.0 Å². The molecule has 9 heteroatoms. The molecule has 1 aromatic carbocycles. The second kappa shape index (κ2) is 14.8. The minimum absolute atomic E-state index is 0. The van der Waals surface area contributed by atoms with Gasteiger partial charge in [0.05, 0.1) is 14.2 Å². The molecule has 1 aliphatic rings. The maximum atomic E-state index is 5.53. The van der Waals surface area contributed by atoms with Crippen molar-refractivity contribution in [1.29, 1.82) is 0 Å². The van der Waals surface area contributed by atoms with Gasteiger partial charge in [-0.05, 0) is 43.2 Å². The molecule has 0 atom stereocenters. The number of guanidine groups is 1. The summed E-state index contributed by atoms with van der Waals surface area (Å²) in [6.07, 6.45) is 3.96. The zero-order valence-electron chi connectivity index (χ0n) is 19.9. The second-order valence-corrected chi connectivity index (χ2v) is 7.76. The minimum atomic E-state index is 0. The van der Waals surface area contributed by atoms with Gasteiger partial charge in [0.25, 0.3) is 0 Å². The number of methoxy groups -OCH3 is 2. The number of hydrogen-bond acceptors (Lipinski definition) is 6. The van der Waals surface area contributed by atoms with Crippen LogP contribution < -0.4 is 20.1 Å². The Hall–Kier alpha value is -2.27. The molecule has 3 rings (SSSR count). The number of pyridine rings is 1. The zero-order valence-corrected chi connectivity index (χ0v) is 22.2. The molecule has 0 amide bonds. The van der Waals surface area contributed by atoms with Gasteiger partial charge >= 0.3 is 0 Å². The van der Waals surface area contributed by atoms with E-state index in [0.29, 0.717) is 0 Å². The third-order valence-corrected chi connectivity index (χ3v) is 5.62. The number of anilines is 1. The number of ether oxygens (including phenoxy) is 2. The van der Waals surface area contributed by atoms with Crippen LogP contribution in [0.1, 0.15) is 18.4 Å². The number of aromatic nitrogens is 1. The van der Waals surface area contributed by atoms with Gasteiger partial charge in [-0.25, -0.2) is 4.98 Å². The van der Waals surface area contributed by atoms with E-state index in [1.165, 1.54) is 0 Å². The van der Waals surface area contributed by atoms with Gasteiger partial charge in [0, 0.05) is 64.6 Å². The highest BCUT2D eigenvalue weighted by Crippen LogP contribution is 2.25. The molecular formula is C24H37IN6O2. The quantitative estimate of drug-likeness (QED) is 0.197. The molecule has 2 heterocycles. The van der Waals surface area contributed by atoms with Crippen LogP contribution in [0.25, 0.3) is 0 Å². The van der Waals surface area contributed by atoms with Crippen LogP contribution in [0.2, 0.25) is 0 Å². The standard InChI is InChI=1S/C24H36N6O2.HI/c1-25-24(28-13-7-6-12-27-23-8-4-5-11-26-23)30-16-14-29(15-17-30)19-20-18-21(31-2)9-10-22(20)32-3;/h4-5,8-11,18H,6-7,12-17,19H2,1-3H3,(H,25,28)(H,26,27);1H. The van der Waals surface area contributed by atoms with Crippen LogP contribution in [0, 0.1) is 0 Å². The summed E-state index contributed by atoms with van der Waals surface area (Å²) >= 11 is 0. The highest BCUT2D eigenvalue weighted by Gasteiger charge is 2.20. The molecule has 33 heavy (non-hydrogen) atoms. The first kappa shape index (κ1) is 27.0. The average Bonchev–Trinajstić information content (AvgIpc) is 2.85. The highest BCUT2D eigenvalue weighted by atomic mass is 127. The Labute approximate surface area is 214 Å². The third-order valence-electron chi connectivity index (χ3n) is 5.62. The van der Waals surface area contributed by atoms with Crippen molar-refractivity contribution in [2.75, 3.05) is 65.9 Å². The van der Waals surface area contributed by atoms with Crippen LogP contribution in [0.15, 0.2) is 47.6 Å². The molecule has 0 saturated carbocycles. The van der Waals surface area contributed by atoms with Gasteiger partial charge in [0.15, 0.2) is 5.96 Å². The van der Waals surface area contributed by atoms with E-state index in [1.807, 2.05) is 37.4 Å². The largest absolute Gasteiger partial charge is 0.497 e. The molecule has 0 aliphatic carbocycles. The summed E-state index contributed by atoms with van der Waals surface area (Å²) in [7, 11) is 5.27. The normalized spacial score (nSPS) is 14.4. The SMILES string of the molecule is CN=C(NCCCCNc1ccccn1)N1CCN(Cc2cc(OC)ccc2OC)CC1.I. The molecule has 2 aromatic rings. The van der Waals surface area contributed by atoms with Crippen LogP contribution in [-0.4, -0.2) is 81.3 Å². The maximum absolute atomic E-state index is 5.53. The molecule has 8 nitrogen and oxygen atoms in total. The lowest BCUT2D eigenvalue weighted by Crippen LogP contribution is -2.52. The number of unbranched alkanes of at least 4 members (excludes halogenated alkanes) is 1. The Bertz CT molecular complexity index is 844. The topological polar surface area (TPSA) is 74.3 Å². The van der Waals surface area contributed by atoms with Crippen molar-refractivity contribution in [1.82, 2.24) is 20.1 Å². The fourth-order valence-electron chi connectivity index (χ4n) is 3.83. The van der Waals surface area contributed by atoms with E-state index >= 15 is 0 Å². The minimum Gasteiger partial charge on any atom is -0.497 e. The van der Waals surface area contributed by atoms with Gasteiger partial charge < -0.3 is 25.0 Å². The number of piperazine rings is 1. The number of nitrogens with one attached hydrogen (secondary N) is 2. The smallest absolute Gasteiger partial charge is 0.193 e. The van der Waals surface area contributed by atoms with Crippen molar-refractivity contribution in [3.63, 3.8) is 0 Å². The maximum Gasteiger partial charge on any atom is 0.193 e. The van der Waals surface area contributed by atoms with Crippen molar-refractivity contribution in [3.05, 3.63) is 48.2 Å². The van der Waals surface area contributed by atoms with Crippen molar-refractivity contribution < 1.29 is 9.47 Å². The molecule has 1 aromatic heterocycles. The molecule has 0 spiro atoms. The van der Waals surface area contributed by atoms with Crippen LogP contribution in [-0.2, 0) is 6.54 Å². The fourth-order valence-corrected chi connectivity index (χ4v) is 3.83. The lowest BCUT2D eigenvalue weighted by atomic mass is 10.1. The summed E-state index contributed by atoms with van der Waals surface area (Å²) in [5, 5.41) is 6.86. The zero-order chi connectivity index (χ0) is 22.6. The molecule has 1 saturated heterocycles. The van der Waals surface area contributed by atoms with E-state index in [-0.39, 0.29) is 24.0 Å². The summed E-state index contributed by atoms with van der Waals surface area (Å²) in [4.78, 5) is 13.6. The molecule has 1 aliphatic heterocycles. The Balaban J connectivity index is 0.00000385. The first-order valence-electron chi connectivity index (χ1n) is 11.3. The van der Waals surface area contributed by atoms with Gasteiger partial charge in [-0.3, -0.25) is 9.89 Å². The first-order chi connectivity index (χ1) is 15.7. The van der Waals surface area contributed by atoms with E-state index in [9.17, 15) is 0 Å². The molecule has 0 radical (unpaired) electrons. The summed E-state index contributed by atoms with van der Waals surface area (Å²) in [5.41, 5.74) is 1.15. The van der Waals surface area contributed by atoms with Crippen LogP contribution >= 0.6 is 24.0 Å². The number of rotatable bonds is 10. The summed E-state index contributed by atoms with van der Waals surface area (Å²) in [6, 6.07) is 11.9. The summed E-state index contributed by atoms with van der Waals surface area (Å²) < 4.78 is 10.9. The van der Waals surface area contributed by atoms with E-state index in [1.54, 1.807) is 20.4 Å². The monoisotopic (exact) mass is 568 g/mol. The second-order valence-electron chi connectivity index (χ2n) is 7.76. The average molecular weight is 569 g/mol. The molecule has 182 valence electrons. The van der Waals surface area contributed by atoms with Gasteiger partial charge in [-0.1, -0.05) is 6.07 Å². The van der Waals surface area contributed by atoms with E-state index in [2.05, 4.69) is 36.5 Å². The van der Waals surface area contributed by atoms with Crippen LogP contribution in [0.3, 0.4) is 0 Å². The van der Waals surface area contributed by atoms with Gasteiger partial charge in [-0.2, -0.15) is 0 Å². The number of hydrogen-bond donors (Lipinski definition) is 2. The van der Waals surface area contributed by atoms with Crippen molar-refractivity contribution in [3.8, 4) is 11.5 Å². The highest BCUT2D eigenvalue weighted by molar-refractivity contribution is 14.0. The first-order valence-corrected chi connectivity index (χ1v) is 11.3. The predicted octanol–water partition coefficient (Wildman–Crippen LogP) is 3.30. The lowest BCUT2D eigenvalue weighted by Gasteiger charge is -2.36. The van der Waals surface area contributed by atoms with Crippen molar-refractivity contribution >= 4 is 35.8 Å². The van der Waals surface area contributed by atoms with Crippen LogP contribution in [0.5, 0.6) is 11.5 Å². The Morgan fingerprint density at radius 2 is 1.82 bits per heavy atom. The summed E-state index contributed by atoms with van der Waals surface area (Å²) in [5.74, 6) is 3.68.